The largest absolute Gasteiger partial charge is 0.437 e. The first-order valence-corrected chi connectivity index (χ1v) is 8.22. The van der Waals surface area contributed by atoms with E-state index in [-0.39, 0.29) is 0 Å². The first-order chi connectivity index (χ1) is 11.2. The Morgan fingerprint density at radius 3 is 2.22 bits per heavy atom. The van der Waals surface area contributed by atoms with Crippen molar-refractivity contribution in [3.05, 3.63) is 93.9 Å². The molecule has 0 heterocycles. The quantitative estimate of drug-likeness (QED) is 0.384. The van der Waals surface area contributed by atoms with Gasteiger partial charge in [0.25, 0.3) is 0 Å². The Morgan fingerprint density at radius 2 is 1.48 bits per heavy atom. The van der Waals surface area contributed by atoms with Crippen LogP contribution in [0, 0.1) is 0 Å². The Hall–Kier alpha value is -2.10. The zero-order chi connectivity index (χ0) is 16.1. The summed E-state index contributed by atoms with van der Waals surface area (Å²) in [5.74, 6) is 1.06. The molecule has 0 spiro atoms. The van der Waals surface area contributed by atoms with Gasteiger partial charge in [-0.15, -0.1) is 0 Å². The molecule has 0 bridgehead atoms. The van der Waals surface area contributed by atoms with E-state index in [1.165, 1.54) is 0 Å². The van der Waals surface area contributed by atoms with Gasteiger partial charge in [0.05, 0.1) is 10.7 Å². The van der Waals surface area contributed by atoms with Crippen LogP contribution in [0.15, 0.2) is 88.3 Å². The standard InChI is InChI=1S/C19H13BrClNO/c20-15-10-4-6-12-17(15)22-19(14-8-2-1-3-9-14)23-18-13-7-5-11-16(18)21/h1-13H. The van der Waals surface area contributed by atoms with Gasteiger partial charge >= 0.3 is 0 Å². The van der Waals surface area contributed by atoms with Crippen molar-refractivity contribution in [3.63, 3.8) is 0 Å². The van der Waals surface area contributed by atoms with Gasteiger partial charge in [0.2, 0.25) is 5.90 Å². The Kier molecular flexibility index (Phi) is 5.11. The molecule has 0 aromatic heterocycles. The van der Waals surface area contributed by atoms with Crippen LogP contribution >= 0.6 is 27.5 Å². The fraction of sp³-hybridized carbons (Fsp3) is 0. The normalized spacial score (nSPS) is 11.3. The van der Waals surface area contributed by atoms with Crippen LogP contribution in [0.2, 0.25) is 5.02 Å². The van der Waals surface area contributed by atoms with E-state index in [0.29, 0.717) is 16.7 Å². The Bertz CT molecular complexity index is 834. The van der Waals surface area contributed by atoms with E-state index >= 15 is 0 Å². The van der Waals surface area contributed by atoms with Gasteiger partial charge in [-0.05, 0) is 52.3 Å². The molecule has 3 aromatic rings. The van der Waals surface area contributed by atoms with Crippen molar-refractivity contribution >= 4 is 39.1 Å². The molecule has 2 nitrogen and oxygen atoms in total. The third kappa shape index (κ3) is 4.01. The predicted molar refractivity (Wildman–Crippen MR) is 98.9 cm³/mol. The van der Waals surface area contributed by atoms with E-state index in [4.69, 9.17) is 16.3 Å². The summed E-state index contributed by atoms with van der Waals surface area (Å²) in [5.41, 5.74) is 1.67. The van der Waals surface area contributed by atoms with E-state index < -0.39 is 0 Å². The molecule has 0 saturated carbocycles. The lowest BCUT2D eigenvalue weighted by molar-refractivity contribution is 0.553. The molecule has 0 amide bonds. The molecule has 0 radical (unpaired) electrons. The first-order valence-electron chi connectivity index (χ1n) is 7.05. The van der Waals surface area contributed by atoms with Gasteiger partial charge in [0.1, 0.15) is 5.75 Å². The summed E-state index contributed by atoms with van der Waals surface area (Å²) in [4.78, 5) is 4.65. The fourth-order valence-corrected chi connectivity index (χ4v) is 2.56. The van der Waals surface area contributed by atoms with Crippen LogP contribution in [0.25, 0.3) is 0 Å². The second kappa shape index (κ2) is 7.44. The molecule has 23 heavy (non-hydrogen) atoms. The molecule has 3 aromatic carbocycles. The summed E-state index contributed by atoms with van der Waals surface area (Å²) in [5, 5.41) is 0.545. The maximum Gasteiger partial charge on any atom is 0.227 e. The molecule has 0 N–H and O–H groups in total. The molecule has 0 fully saturated rings. The summed E-state index contributed by atoms with van der Waals surface area (Å²) in [6.45, 7) is 0. The van der Waals surface area contributed by atoms with Gasteiger partial charge in [-0.25, -0.2) is 4.99 Å². The lowest BCUT2D eigenvalue weighted by atomic mass is 10.2. The van der Waals surface area contributed by atoms with E-state index in [1.807, 2.05) is 72.8 Å². The van der Waals surface area contributed by atoms with Gasteiger partial charge in [-0.2, -0.15) is 0 Å². The molecule has 114 valence electrons. The summed E-state index contributed by atoms with van der Waals surface area (Å²) in [6.07, 6.45) is 0. The molecule has 0 atom stereocenters. The van der Waals surface area contributed by atoms with Crippen LogP contribution in [-0.2, 0) is 0 Å². The van der Waals surface area contributed by atoms with Crippen molar-refractivity contribution in [1.82, 2.24) is 0 Å². The zero-order valence-corrected chi connectivity index (χ0v) is 14.5. The molecule has 0 aliphatic heterocycles. The third-order valence-electron chi connectivity index (χ3n) is 3.14. The van der Waals surface area contributed by atoms with Gasteiger partial charge in [-0.3, -0.25) is 0 Å². The topological polar surface area (TPSA) is 21.6 Å². The third-order valence-corrected chi connectivity index (χ3v) is 4.12. The molecule has 3 rings (SSSR count). The monoisotopic (exact) mass is 385 g/mol. The average Bonchev–Trinajstić information content (AvgIpc) is 2.59. The molecule has 0 saturated heterocycles. The van der Waals surface area contributed by atoms with Crippen LogP contribution < -0.4 is 4.74 Å². The number of aliphatic imine (C=N–C) groups is 1. The molecule has 0 unspecified atom stereocenters. The summed E-state index contributed by atoms with van der Waals surface area (Å²) in [6, 6.07) is 24.8. The van der Waals surface area contributed by atoms with Crippen molar-refractivity contribution in [2.24, 2.45) is 4.99 Å². The molecular formula is C19H13BrClNO. The van der Waals surface area contributed by atoms with Gasteiger partial charge in [0, 0.05) is 10.0 Å². The SMILES string of the molecule is Clc1ccccc1OC(=Nc1ccccc1Br)c1ccccc1. The van der Waals surface area contributed by atoms with Crippen LogP contribution in [0.1, 0.15) is 5.56 Å². The highest BCUT2D eigenvalue weighted by Gasteiger charge is 2.10. The molecule has 4 heteroatoms. The van der Waals surface area contributed by atoms with Crippen LogP contribution in [0.3, 0.4) is 0 Å². The average molecular weight is 387 g/mol. The number of hydrogen-bond acceptors (Lipinski definition) is 2. The summed E-state index contributed by atoms with van der Waals surface area (Å²) >= 11 is 9.71. The number of hydrogen-bond donors (Lipinski definition) is 0. The van der Waals surface area contributed by atoms with Crippen LogP contribution in [-0.4, -0.2) is 5.90 Å². The van der Waals surface area contributed by atoms with Crippen molar-refractivity contribution in [1.29, 1.82) is 0 Å². The van der Waals surface area contributed by atoms with Gasteiger partial charge in [-0.1, -0.05) is 54.1 Å². The molecule has 0 aliphatic carbocycles. The highest BCUT2D eigenvalue weighted by molar-refractivity contribution is 9.10. The van der Waals surface area contributed by atoms with E-state index in [2.05, 4.69) is 20.9 Å². The smallest absolute Gasteiger partial charge is 0.227 e. The van der Waals surface area contributed by atoms with Crippen LogP contribution in [0.5, 0.6) is 5.75 Å². The Balaban J connectivity index is 2.05. The summed E-state index contributed by atoms with van der Waals surface area (Å²) in [7, 11) is 0. The lowest BCUT2D eigenvalue weighted by Gasteiger charge is -2.11. The maximum absolute atomic E-state index is 6.20. The highest BCUT2D eigenvalue weighted by atomic mass is 79.9. The van der Waals surface area contributed by atoms with E-state index in [1.54, 1.807) is 6.07 Å². The molecule has 0 aliphatic rings. The number of benzene rings is 3. The maximum atomic E-state index is 6.20. The fourth-order valence-electron chi connectivity index (χ4n) is 2.01. The van der Waals surface area contributed by atoms with Gasteiger partial charge in [0.15, 0.2) is 0 Å². The Morgan fingerprint density at radius 1 is 0.826 bits per heavy atom. The predicted octanol–water partition coefficient (Wildman–Crippen LogP) is 6.26. The number of halogens is 2. The molecular weight excluding hydrogens is 374 g/mol. The highest BCUT2D eigenvalue weighted by Crippen LogP contribution is 2.28. The lowest BCUT2D eigenvalue weighted by Crippen LogP contribution is -2.10. The summed E-state index contributed by atoms with van der Waals surface area (Å²) < 4.78 is 6.89. The van der Waals surface area contributed by atoms with Crippen molar-refractivity contribution in [3.8, 4) is 5.75 Å². The number of para-hydroxylation sites is 2. The second-order valence-corrected chi connectivity index (χ2v) is 6.03. The number of ether oxygens (including phenoxy) is 1. The van der Waals surface area contributed by atoms with Gasteiger partial charge < -0.3 is 4.74 Å². The first kappa shape index (κ1) is 15.8. The Labute approximate surface area is 148 Å². The van der Waals surface area contributed by atoms with E-state index in [0.717, 1.165) is 15.7 Å². The zero-order valence-electron chi connectivity index (χ0n) is 12.1. The van der Waals surface area contributed by atoms with Crippen LogP contribution in [0.4, 0.5) is 5.69 Å². The number of rotatable bonds is 3. The minimum Gasteiger partial charge on any atom is -0.437 e. The second-order valence-electron chi connectivity index (χ2n) is 4.77. The minimum absolute atomic E-state index is 0.491. The number of nitrogens with zero attached hydrogens (tertiary/aromatic N) is 1. The minimum atomic E-state index is 0.491. The van der Waals surface area contributed by atoms with Crippen molar-refractivity contribution in [2.45, 2.75) is 0 Å². The van der Waals surface area contributed by atoms with Crippen molar-refractivity contribution in [2.75, 3.05) is 0 Å². The van der Waals surface area contributed by atoms with Crippen molar-refractivity contribution < 1.29 is 4.74 Å². The van der Waals surface area contributed by atoms with E-state index in [9.17, 15) is 0 Å².